The quantitative estimate of drug-likeness (QED) is 0.794. The van der Waals surface area contributed by atoms with Crippen LogP contribution in [0, 0.1) is 6.92 Å². The van der Waals surface area contributed by atoms with E-state index in [2.05, 4.69) is 29.7 Å². The van der Waals surface area contributed by atoms with Crippen molar-refractivity contribution in [3.63, 3.8) is 0 Å². The van der Waals surface area contributed by atoms with Crippen LogP contribution in [0.3, 0.4) is 0 Å². The van der Waals surface area contributed by atoms with Gasteiger partial charge in [0.1, 0.15) is 12.4 Å². The number of ether oxygens (including phenoxy) is 1. The summed E-state index contributed by atoms with van der Waals surface area (Å²) in [5.74, 6) is 1.27. The van der Waals surface area contributed by atoms with Crippen molar-refractivity contribution in [2.75, 3.05) is 6.61 Å². The molecule has 1 aliphatic heterocycles. The van der Waals surface area contributed by atoms with Crippen molar-refractivity contribution in [2.24, 2.45) is 0 Å². The summed E-state index contributed by atoms with van der Waals surface area (Å²) in [6, 6.07) is 10.5. The zero-order valence-electron chi connectivity index (χ0n) is 11.6. The van der Waals surface area contributed by atoms with Gasteiger partial charge in [-0.3, -0.25) is 4.79 Å². The molecule has 0 spiro atoms. The molecule has 3 nitrogen and oxygen atoms in total. The number of hydrogen-bond acceptors (Lipinski definition) is 2. The number of carbonyl (C=O) groups is 1. The van der Waals surface area contributed by atoms with Gasteiger partial charge in [0.25, 0.3) is 0 Å². The van der Waals surface area contributed by atoms with Gasteiger partial charge in [-0.25, -0.2) is 0 Å². The molecular weight excluding hydrogens is 250 g/mol. The Kier molecular flexibility index (Phi) is 2.49. The average molecular weight is 267 g/mol. The van der Waals surface area contributed by atoms with Gasteiger partial charge in [0.2, 0.25) is 0 Å². The van der Waals surface area contributed by atoms with Crippen LogP contribution in [0.15, 0.2) is 30.3 Å². The lowest BCUT2D eigenvalue weighted by Gasteiger charge is -2.20. The first-order valence-electron chi connectivity index (χ1n) is 7.21. The number of aromatic nitrogens is 1. The Bertz CT molecular complexity index is 699. The van der Waals surface area contributed by atoms with E-state index < -0.39 is 0 Å². The van der Waals surface area contributed by atoms with Crippen molar-refractivity contribution >= 4 is 5.78 Å². The molecule has 1 unspecified atom stereocenters. The van der Waals surface area contributed by atoms with E-state index in [0.29, 0.717) is 18.8 Å². The second kappa shape index (κ2) is 4.23. The van der Waals surface area contributed by atoms with Gasteiger partial charge < -0.3 is 9.30 Å². The second-order valence-electron chi connectivity index (χ2n) is 5.66. The van der Waals surface area contributed by atoms with Crippen LogP contribution in [0.1, 0.15) is 46.2 Å². The first kappa shape index (κ1) is 11.8. The molecule has 3 heteroatoms. The van der Waals surface area contributed by atoms with Crippen molar-refractivity contribution in [1.82, 2.24) is 4.57 Å². The topological polar surface area (TPSA) is 31.2 Å². The highest BCUT2D eigenvalue weighted by Gasteiger charge is 2.31. The maximum Gasteiger partial charge on any atom is 0.164 e. The summed E-state index contributed by atoms with van der Waals surface area (Å²) in [7, 11) is 0. The molecule has 0 saturated heterocycles. The lowest BCUT2D eigenvalue weighted by atomic mass is 9.96. The van der Waals surface area contributed by atoms with E-state index in [0.717, 1.165) is 29.8 Å². The molecule has 2 aromatic rings. The Morgan fingerprint density at radius 1 is 1.25 bits per heavy atom. The summed E-state index contributed by atoms with van der Waals surface area (Å²) < 4.78 is 8.12. The van der Waals surface area contributed by atoms with Crippen molar-refractivity contribution < 1.29 is 9.53 Å². The van der Waals surface area contributed by atoms with Crippen LogP contribution in [0.25, 0.3) is 0 Å². The molecule has 1 aliphatic carbocycles. The maximum absolute atomic E-state index is 12.1. The zero-order chi connectivity index (χ0) is 13.7. The lowest BCUT2D eigenvalue weighted by molar-refractivity contribution is 0.0971. The van der Waals surface area contributed by atoms with E-state index in [1.165, 1.54) is 11.3 Å². The van der Waals surface area contributed by atoms with Crippen molar-refractivity contribution in [2.45, 2.75) is 32.2 Å². The van der Waals surface area contributed by atoms with Gasteiger partial charge in [0.05, 0.1) is 6.04 Å². The van der Waals surface area contributed by atoms with E-state index in [-0.39, 0.29) is 6.04 Å². The van der Waals surface area contributed by atoms with Crippen LogP contribution < -0.4 is 4.74 Å². The molecule has 102 valence electrons. The van der Waals surface area contributed by atoms with Crippen LogP contribution >= 0.6 is 0 Å². The summed E-state index contributed by atoms with van der Waals surface area (Å²) in [6.07, 6.45) is 2.65. The fourth-order valence-corrected chi connectivity index (χ4v) is 3.55. The molecule has 1 aromatic heterocycles. The number of rotatable bonds is 1. The number of aryl methyl sites for hydroxylation is 1. The molecule has 0 radical (unpaired) electrons. The normalized spacial score (nSPS) is 20.4. The average Bonchev–Trinajstić information content (AvgIpc) is 3.00. The molecule has 1 atom stereocenters. The SMILES string of the molecule is Cc1cc2c(n1C1COc3ccccc31)CCCC2=O. The van der Waals surface area contributed by atoms with Crippen LogP contribution in [0.2, 0.25) is 0 Å². The highest BCUT2D eigenvalue weighted by atomic mass is 16.5. The third kappa shape index (κ3) is 1.56. The highest BCUT2D eigenvalue weighted by Crippen LogP contribution is 2.38. The first-order chi connectivity index (χ1) is 9.75. The Morgan fingerprint density at radius 3 is 3.00 bits per heavy atom. The minimum atomic E-state index is 0.209. The predicted octanol–water partition coefficient (Wildman–Crippen LogP) is 3.30. The minimum absolute atomic E-state index is 0.209. The van der Waals surface area contributed by atoms with Gasteiger partial charge in [-0.15, -0.1) is 0 Å². The van der Waals surface area contributed by atoms with Crippen molar-refractivity contribution in [1.29, 1.82) is 0 Å². The number of hydrogen-bond donors (Lipinski definition) is 0. The van der Waals surface area contributed by atoms with E-state index in [4.69, 9.17) is 4.74 Å². The van der Waals surface area contributed by atoms with Gasteiger partial charge >= 0.3 is 0 Å². The number of Topliss-reactive ketones (excluding diaryl/α,β-unsaturated/α-hetero) is 1. The Hall–Kier alpha value is -2.03. The fraction of sp³-hybridized carbons (Fsp3) is 0.353. The molecule has 1 aromatic carbocycles. The standard InChI is InChI=1S/C17H17NO2/c1-11-9-13-14(6-4-7-16(13)19)18(11)15-10-20-17-8-3-2-5-12(15)17/h2-3,5,8-9,15H,4,6-7,10H2,1H3. The van der Waals surface area contributed by atoms with Crippen molar-refractivity contribution in [3.8, 4) is 5.75 Å². The number of benzene rings is 1. The molecule has 20 heavy (non-hydrogen) atoms. The molecule has 0 N–H and O–H groups in total. The number of carbonyl (C=O) groups excluding carboxylic acids is 1. The summed E-state index contributed by atoms with van der Waals surface area (Å²) in [5.41, 5.74) is 4.52. The van der Waals surface area contributed by atoms with E-state index >= 15 is 0 Å². The van der Waals surface area contributed by atoms with Crippen LogP contribution in [-0.4, -0.2) is 17.0 Å². The molecule has 0 fully saturated rings. The summed E-state index contributed by atoms with van der Waals surface area (Å²) in [4.78, 5) is 12.1. The summed E-state index contributed by atoms with van der Waals surface area (Å²) in [6.45, 7) is 2.75. The lowest BCUT2D eigenvalue weighted by Crippen LogP contribution is -2.19. The van der Waals surface area contributed by atoms with Crippen LogP contribution in [0.4, 0.5) is 0 Å². The second-order valence-corrected chi connectivity index (χ2v) is 5.66. The van der Waals surface area contributed by atoms with E-state index in [9.17, 15) is 4.79 Å². The van der Waals surface area contributed by atoms with Crippen LogP contribution in [-0.2, 0) is 6.42 Å². The van der Waals surface area contributed by atoms with Gasteiger partial charge in [-0.2, -0.15) is 0 Å². The number of nitrogens with zero attached hydrogens (tertiary/aromatic N) is 1. The van der Waals surface area contributed by atoms with Crippen LogP contribution in [0.5, 0.6) is 5.75 Å². The Labute approximate surface area is 118 Å². The van der Waals surface area contributed by atoms with Gasteiger partial charge in [0, 0.05) is 28.9 Å². The maximum atomic E-state index is 12.1. The molecule has 0 amide bonds. The van der Waals surface area contributed by atoms with Gasteiger partial charge in [-0.05, 0) is 31.9 Å². The summed E-state index contributed by atoms with van der Waals surface area (Å²) in [5, 5.41) is 0. The van der Waals surface area contributed by atoms with Gasteiger partial charge in [0.15, 0.2) is 5.78 Å². The molecular formula is C17H17NO2. The molecule has 0 bridgehead atoms. The van der Waals surface area contributed by atoms with E-state index in [1.807, 2.05) is 12.1 Å². The minimum Gasteiger partial charge on any atom is -0.491 e. The predicted molar refractivity (Wildman–Crippen MR) is 76.5 cm³/mol. The number of fused-ring (bicyclic) bond motifs is 2. The van der Waals surface area contributed by atoms with E-state index in [1.54, 1.807) is 0 Å². The van der Waals surface area contributed by atoms with Gasteiger partial charge in [-0.1, -0.05) is 18.2 Å². The zero-order valence-corrected chi connectivity index (χ0v) is 11.6. The monoisotopic (exact) mass is 267 g/mol. The highest BCUT2D eigenvalue weighted by molar-refractivity contribution is 5.98. The third-order valence-corrected chi connectivity index (χ3v) is 4.44. The summed E-state index contributed by atoms with van der Waals surface area (Å²) >= 11 is 0. The number of para-hydroxylation sites is 1. The fourth-order valence-electron chi connectivity index (χ4n) is 3.55. The molecule has 4 rings (SSSR count). The third-order valence-electron chi connectivity index (χ3n) is 4.44. The molecule has 0 saturated carbocycles. The molecule has 2 heterocycles. The molecule has 2 aliphatic rings. The Morgan fingerprint density at radius 2 is 2.10 bits per heavy atom. The number of ketones is 1. The Balaban J connectivity index is 1.87. The van der Waals surface area contributed by atoms with Crippen molar-refractivity contribution in [3.05, 3.63) is 52.8 Å². The first-order valence-corrected chi connectivity index (χ1v) is 7.21. The largest absolute Gasteiger partial charge is 0.491 e. The smallest absolute Gasteiger partial charge is 0.164 e.